The smallest absolute Gasteiger partial charge is 0.241 e. The van der Waals surface area contributed by atoms with Crippen molar-refractivity contribution >= 4 is 25.9 Å². The highest BCUT2D eigenvalue weighted by Gasteiger charge is 2.52. The standard InChI is InChI=1S/C25H42O3SSi/c1-10-21(28-30(7,8)9)24(4,11-2)16-22(27-17-29-6)25(5)18(3)12-13-19-14-15-20(26)23(19)25/h10-11,18,22H,2,12-17H2,1,3-9H3/b21-10-/t18?,22-,24-,25?/m1/s1. The first-order valence-electron chi connectivity index (χ1n) is 11.3. The fraction of sp³-hybridized carbons (Fsp3) is 0.720. The number of Topliss-reactive ketones (excluding diaryl/α,β-unsaturated/α-hetero) is 1. The quantitative estimate of drug-likeness (QED) is 0.153. The fourth-order valence-corrected chi connectivity index (χ4v) is 6.47. The Kier molecular flexibility index (Phi) is 8.31. The van der Waals surface area contributed by atoms with Crippen molar-refractivity contribution in [3.8, 4) is 0 Å². The molecule has 0 fully saturated rings. The molecule has 2 rings (SSSR count). The second kappa shape index (κ2) is 9.79. The number of carbonyl (C=O) groups excluding carboxylic acids is 1. The van der Waals surface area contributed by atoms with Crippen molar-refractivity contribution in [2.45, 2.75) is 85.5 Å². The number of hydrogen-bond acceptors (Lipinski definition) is 4. The number of thioether (sulfide) groups is 1. The molecule has 0 amide bonds. The molecule has 2 aliphatic carbocycles. The average Bonchev–Trinajstić information content (AvgIpc) is 3.07. The van der Waals surface area contributed by atoms with Gasteiger partial charge in [-0.1, -0.05) is 31.6 Å². The summed E-state index contributed by atoms with van der Waals surface area (Å²) in [5.41, 5.74) is 1.83. The largest absolute Gasteiger partial charge is 0.547 e. The molecule has 2 aliphatic rings. The number of allylic oxidation sites excluding steroid dienone is 3. The Labute approximate surface area is 189 Å². The first kappa shape index (κ1) is 25.5. The summed E-state index contributed by atoms with van der Waals surface area (Å²) in [6, 6.07) is 0. The Balaban J connectivity index is 2.49. The predicted molar refractivity (Wildman–Crippen MR) is 132 cm³/mol. The molecule has 0 aromatic carbocycles. The van der Waals surface area contributed by atoms with E-state index in [1.165, 1.54) is 5.57 Å². The third-order valence-corrected chi connectivity index (χ3v) is 8.29. The van der Waals surface area contributed by atoms with Crippen LogP contribution < -0.4 is 0 Å². The number of rotatable bonds is 10. The highest BCUT2D eigenvalue weighted by Crippen LogP contribution is 2.55. The molecule has 0 aliphatic heterocycles. The van der Waals surface area contributed by atoms with Crippen LogP contribution in [0.25, 0.3) is 0 Å². The summed E-state index contributed by atoms with van der Waals surface area (Å²) in [7, 11) is -1.77. The molecule has 0 radical (unpaired) electrons. The van der Waals surface area contributed by atoms with Crippen LogP contribution in [0.15, 0.2) is 35.6 Å². The van der Waals surface area contributed by atoms with Gasteiger partial charge < -0.3 is 9.16 Å². The van der Waals surface area contributed by atoms with Crippen molar-refractivity contribution in [3.05, 3.63) is 35.6 Å². The number of ether oxygens (including phenoxy) is 1. The maximum atomic E-state index is 13.0. The summed E-state index contributed by atoms with van der Waals surface area (Å²) in [6.07, 6.45) is 10.6. The van der Waals surface area contributed by atoms with Crippen LogP contribution in [-0.2, 0) is 14.0 Å². The summed E-state index contributed by atoms with van der Waals surface area (Å²) >= 11 is 1.69. The van der Waals surface area contributed by atoms with Gasteiger partial charge in [0, 0.05) is 22.8 Å². The summed E-state index contributed by atoms with van der Waals surface area (Å²) in [5.74, 6) is 2.33. The van der Waals surface area contributed by atoms with Crippen molar-refractivity contribution in [1.82, 2.24) is 0 Å². The van der Waals surface area contributed by atoms with E-state index in [9.17, 15) is 4.79 Å². The van der Waals surface area contributed by atoms with E-state index in [0.717, 1.165) is 37.0 Å². The molecule has 5 heteroatoms. The molecule has 2 unspecified atom stereocenters. The van der Waals surface area contributed by atoms with Gasteiger partial charge in [0.2, 0.25) is 8.32 Å². The average molecular weight is 451 g/mol. The number of carbonyl (C=O) groups is 1. The Hall–Kier alpha value is -0.783. The van der Waals surface area contributed by atoms with Gasteiger partial charge in [-0.05, 0) is 71.3 Å². The van der Waals surface area contributed by atoms with E-state index in [1.54, 1.807) is 11.8 Å². The second-order valence-corrected chi connectivity index (χ2v) is 15.6. The van der Waals surface area contributed by atoms with Crippen molar-refractivity contribution in [1.29, 1.82) is 0 Å². The number of ketones is 1. The van der Waals surface area contributed by atoms with Gasteiger partial charge in [-0.25, -0.2) is 0 Å². The lowest BCUT2D eigenvalue weighted by molar-refractivity contribution is -0.118. The van der Waals surface area contributed by atoms with Gasteiger partial charge in [-0.3, -0.25) is 4.79 Å². The lowest BCUT2D eigenvalue weighted by atomic mass is 9.59. The molecular weight excluding hydrogens is 408 g/mol. The summed E-state index contributed by atoms with van der Waals surface area (Å²) in [5, 5.41) is 0. The first-order valence-corrected chi connectivity index (χ1v) is 16.1. The van der Waals surface area contributed by atoms with E-state index >= 15 is 0 Å². The van der Waals surface area contributed by atoms with Crippen LogP contribution in [0.5, 0.6) is 0 Å². The Morgan fingerprint density at radius 1 is 1.37 bits per heavy atom. The van der Waals surface area contributed by atoms with E-state index in [0.29, 0.717) is 24.1 Å². The second-order valence-electron chi connectivity index (χ2n) is 10.4. The van der Waals surface area contributed by atoms with E-state index in [1.807, 2.05) is 13.0 Å². The highest BCUT2D eigenvalue weighted by atomic mass is 32.2. The zero-order valence-electron chi connectivity index (χ0n) is 20.4. The molecule has 170 valence electrons. The molecule has 0 saturated carbocycles. The Morgan fingerprint density at radius 2 is 2.03 bits per heavy atom. The van der Waals surface area contributed by atoms with Gasteiger partial charge in [0.25, 0.3) is 0 Å². The molecule has 4 atom stereocenters. The van der Waals surface area contributed by atoms with Gasteiger partial charge in [0.15, 0.2) is 5.78 Å². The number of hydrogen-bond donors (Lipinski definition) is 0. The Bertz CT molecular complexity index is 720. The van der Waals surface area contributed by atoms with Gasteiger partial charge in [-0.2, -0.15) is 0 Å². The van der Waals surface area contributed by atoms with Crippen LogP contribution in [0.2, 0.25) is 19.6 Å². The molecule has 0 saturated heterocycles. The van der Waals surface area contributed by atoms with Crippen LogP contribution in [0, 0.1) is 16.7 Å². The van der Waals surface area contributed by atoms with Crippen LogP contribution in [-0.4, -0.2) is 32.4 Å². The van der Waals surface area contributed by atoms with Crippen molar-refractivity contribution in [2.24, 2.45) is 16.7 Å². The molecule has 0 aromatic heterocycles. The maximum absolute atomic E-state index is 13.0. The molecule has 0 spiro atoms. The fourth-order valence-electron chi connectivity index (χ4n) is 5.16. The van der Waals surface area contributed by atoms with Gasteiger partial charge in [0.1, 0.15) is 0 Å². The molecule has 0 aromatic rings. The molecule has 0 N–H and O–H groups in total. The zero-order chi connectivity index (χ0) is 22.7. The maximum Gasteiger partial charge on any atom is 0.241 e. The monoisotopic (exact) mass is 450 g/mol. The summed E-state index contributed by atoms with van der Waals surface area (Å²) in [6.45, 7) is 19.6. The van der Waals surface area contributed by atoms with Gasteiger partial charge >= 0.3 is 0 Å². The van der Waals surface area contributed by atoms with E-state index < -0.39 is 8.32 Å². The molecule has 0 bridgehead atoms. The van der Waals surface area contributed by atoms with Gasteiger partial charge in [-0.15, -0.1) is 18.3 Å². The third-order valence-electron chi connectivity index (χ3n) is 7.08. The van der Waals surface area contributed by atoms with Crippen LogP contribution in [0.3, 0.4) is 0 Å². The lowest BCUT2D eigenvalue weighted by Crippen LogP contribution is -2.47. The Morgan fingerprint density at radius 3 is 2.57 bits per heavy atom. The van der Waals surface area contributed by atoms with Crippen molar-refractivity contribution in [2.75, 3.05) is 12.2 Å². The van der Waals surface area contributed by atoms with E-state index in [4.69, 9.17) is 9.16 Å². The van der Waals surface area contributed by atoms with Crippen molar-refractivity contribution < 1.29 is 14.0 Å². The minimum Gasteiger partial charge on any atom is -0.547 e. The summed E-state index contributed by atoms with van der Waals surface area (Å²) in [4.78, 5) is 13.0. The van der Waals surface area contributed by atoms with Gasteiger partial charge in [0.05, 0.1) is 17.8 Å². The van der Waals surface area contributed by atoms with E-state index in [-0.39, 0.29) is 16.9 Å². The predicted octanol–water partition coefficient (Wildman–Crippen LogP) is 7.13. The molecule has 3 nitrogen and oxygen atoms in total. The minimum atomic E-state index is -1.77. The first-order chi connectivity index (χ1) is 13.9. The molecule has 30 heavy (non-hydrogen) atoms. The SMILES string of the molecule is C=C[C@](C)(C[C@@H](OCSC)C1(C)C2=C(CCC2=O)CCC1C)/C(=C/C)O[Si](C)(C)C. The summed E-state index contributed by atoms with van der Waals surface area (Å²) < 4.78 is 13.0. The topological polar surface area (TPSA) is 35.5 Å². The van der Waals surface area contributed by atoms with Crippen LogP contribution >= 0.6 is 11.8 Å². The zero-order valence-corrected chi connectivity index (χ0v) is 22.2. The normalized spacial score (nSPS) is 28.2. The molecular formula is C25H42O3SSi. The van der Waals surface area contributed by atoms with Crippen LogP contribution in [0.1, 0.15) is 59.8 Å². The molecule has 0 heterocycles. The third kappa shape index (κ3) is 5.16. The lowest BCUT2D eigenvalue weighted by Gasteiger charge is -2.48. The van der Waals surface area contributed by atoms with E-state index in [2.05, 4.69) is 59.3 Å². The van der Waals surface area contributed by atoms with Crippen molar-refractivity contribution in [3.63, 3.8) is 0 Å². The minimum absolute atomic E-state index is 0.0736. The van der Waals surface area contributed by atoms with Crippen LogP contribution in [0.4, 0.5) is 0 Å². The highest BCUT2D eigenvalue weighted by molar-refractivity contribution is 7.98.